The fourth-order valence-electron chi connectivity index (χ4n) is 2.38. The Bertz CT molecular complexity index is 601. The van der Waals surface area contributed by atoms with Gasteiger partial charge in [-0.15, -0.1) is 0 Å². The van der Waals surface area contributed by atoms with Crippen LogP contribution in [0.25, 0.3) is 16.8 Å². The van der Waals surface area contributed by atoms with Crippen molar-refractivity contribution >= 4 is 16.8 Å². The van der Waals surface area contributed by atoms with E-state index >= 15 is 0 Å². The summed E-state index contributed by atoms with van der Waals surface area (Å²) in [6.45, 7) is 6.35. The van der Waals surface area contributed by atoms with Crippen LogP contribution in [0.15, 0.2) is 42.0 Å². The summed E-state index contributed by atoms with van der Waals surface area (Å²) in [6.07, 6.45) is 3.42. The minimum Gasteiger partial charge on any atom is -0.496 e. The first-order valence-electron chi connectivity index (χ1n) is 7.20. The van der Waals surface area contributed by atoms with Crippen LogP contribution in [0, 0.1) is 0 Å². The summed E-state index contributed by atoms with van der Waals surface area (Å²) >= 11 is 0. The topological polar surface area (TPSA) is 21.3 Å². The summed E-state index contributed by atoms with van der Waals surface area (Å²) in [6, 6.07) is 12.6. The smallest absolute Gasteiger partial charge is 0.126 e. The van der Waals surface area contributed by atoms with Crippen molar-refractivity contribution in [2.75, 3.05) is 20.2 Å². The van der Waals surface area contributed by atoms with Gasteiger partial charge in [0.1, 0.15) is 5.75 Å². The predicted octanol–water partition coefficient (Wildman–Crippen LogP) is 4.25. The molecule has 20 heavy (non-hydrogen) atoms. The number of hydrogen-bond donors (Lipinski definition) is 1. The highest BCUT2D eigenvalue weighted by Crippen LogP contribution is 2.29. The summed E-state index contributed by atoms with van der Waals surface area (Å²) in [5.74, 6) is 0.930. The lowest BCUT2D eigenvalue weighted by Crippen LogP contribution is -2.16. The first kappa shape index (κ1) is 14.6. The molecule has 2 aromatic rings. The zero-order valence-electron chi connectivity index (χ0n) is 12.6. The third kappa shape index (κ3) is 3.40. The van der Waals surface area contributed by atoms with E-state index in [2.05, 4.69) is 49.5 Å². The van der Waals surface area contributed by atoms with Crippen molar-refractivity contribution in [2.24, 2.45) is 0 Å². The van der Waals surface area contributed by atoms with Crippen molar-refractivity contribution in [1.82, 2.24) is 5.32 Å². The summed E-state index contributed by atoms with van der Waals surface area (Å²) in [7, 11) is 1.72. The number of fused-ring (bicyclic) bond motifs is 1. The molecule has 0 unspecified atom stereocenters. The Balaban J connectivity index is 2.33. The lowest BCUT2D eigenvalue weighted by Gasteiger charge is -2.09. The van der Waals surface area contributed by atoms with Gasteiger partial charge >= 0.3 is 0 Å². The zero-order chi connectivity index (χ0) is 14.4. The molecule has 106 valence electrons. The molecule has 0 aliphatic rings. The highest BCUT2D eigenvalue weighted by molar-refractivity contribution is 5.95. The maximum Gasteiger partial charge on any atom is 0.126 e. The van der Waals surface area contributed by atoms with Crippen LogP contribution < -0.4 is 10.1 Å². The molecule has 1 N–H and O–H groups in total. The summed E-state index contributed by atoms with van der Waals surface area (Å²) < 4.78 is 5.43. The van der Waals surface area contributed by atoms with Crippen LogP contribution in [0.1, 0.15) is 25.8 Å². The molecule has 0 saturated carbocycles. The average molecular weight is 269 g/mol. The molecule has 0 radical (unpaired) electrons. The van der Waals surface area contributed by atoms with Crippen LogP contribution >= 0.6 is 0 Å². The average Bonchev–Trinajstić information content (AvgIpc) is 2.48. The number of rotatable bonds is 6. The SMILES string of the molecule is CCCNC/C(C)=C/c1ccc(OC)c2ccccc12. The van der Waals surface area contributed by atoms with Crippen LogP contribution in [0.2, 0.25) is 0 Å². The van der Waals surface area contributed by atoms with Crippen molar-refractivity contribution in [3.63, 3.8) is 0 Å². The normalized spacial score (nSPS) is 11.8. The maximum absolute atomic E-state index is 5.43. The Kier molecular flexibility index (Phi) is 5.19. The standard InChI is InChI=1S/C18H23NO/c1-4-11-19-13-14(2)12-15-9-10-18(20-3)17-8-6-5-7-16(15)17/h5-10,12,19H,4,11,13H2,1-3H3/b14-12+. The highest BCUT2D eigenvalue weighted by Gasteiger charge is 2.04. The Labute approximate surface area is 121 Å². The van der Waals surface area contributed by atoms with E-state index < -0.39 is 0 Å². The number of benzene rings is 2. The van der Waals surface area contributed by atoms with Gasteiger partial charge in [0.15, 0.2) is 0 Å². The number of ether oxygens (including phenoxy) is 1. The Morgan fingerprint density at radius 1 is 1.15 bits per heavy atom. The lowest BCUT2D eigenvalue weighted by atomic mass is 10.0. The monoisotopic (exact) mass is 269 g/mol. The van der Waals surface area contributed by atoms with E-state index in [-0.39, 0.29) is 0 Å². The maximum atomic E-state index is 5.43. The summed E-state index contributed by atoms with van der Waals surface area (Å²) in [5, 5.41) is 5.84. The van der Waals surface area contributed by atoms with Gasteiger partial charge in [0, 0.05) is 11.9 Å². The molecule has 0 bridgehead atoms. The van der Waals surface area contributed by atoms with Crippen LogP contribution in [0.3, 0.4) is 0 Å². The molecule has 0 aliphatic heterocycles. The molecule has 0 saturated heterocycles. The quantitative estimate of drug-likeness (QED) is 0.791. The third-order valence-corrected chi connectivity index (χ3v) is 3.37. The van der Waals surface area contributed by atoms with Gasteiger partial charge in [-0.1, -0.05) is 48.9 Å². The first-order valence-corrected chi connectivity index (χ1v) is 7.20. The van der Waals surface area contributed by atoms with Crippen molar-refractivity contribution in [1.29, 1.82) is 0 Å². The van der Waals surface area contributed by atoms with Crippen LogP contribution in [0.5, 0.6) is 5.75 Å². The zero-order valence-corrected chi connectivity index (χ0v) is 12.6. The number of nitrogens with one attached hydrogen (secondary N) is 1. The van der Waals surface area contributed by atoms with E-state index in [1.807, 2.05) is 12.1 Å². The minimum absolute atomic E-state index is 0.930. The van der Waals surface area contributed by atoms with Crippen LogP contribution in [-0.4, -0.2) is 20.2 Å². The predicted molar refractivity (Wildman–Crippen MR) is 87.3 cm³/mol. The second kappa shape index (κ2) is 7.11. The molecular weight excluding hydrogens is 246 g/mol. The molecule has 0 heterocycles. The van der Waals surface area contributed by atoms with Gasteiger partial charge < -0.3 is 10.1 Å². The molecule has 0 atom stereocenters. The van der Waals surface area contributed by atoms with Crippen molar-refractivity contribution in [3.8, 4) is 5.75 Å². The fraction of sp³-hybridized carbons (Fsp3) is 0.333. The molecule has 2 nitrogen and oxygen atoms in total. The van der Waals surface area contributed by atoms with E-state index in [0.717, 1.165) is 24.2 Å². The minimum atomic E-state index is 0.930. The van der Waals surface area contributed by atoms with Crippen molar-refractivity contribution in [3.05, 3.63) is 47.5 Å². The second-order valence-corrected chi connectivity index (χ2v) is 5.07. The van der Waals surface area contributed by atoms with Gasteiger partial charge in [0.2, 0.25) is 0 Å². The van der Waals surface area contributed by atoms with Crippen LogP contribution in [0.4, 0.5) is 0 Å². The van der Waals surface area contributed by atoms with E-state index in [9.17, 15) is 0 Å². The lowest BCUT2D eigenvalue weighted by molar-refractivity contribution is 0.420. The number of hydrogen-bond acceptors (Lipinski definition) is 2. The van der Waals surface area contributed by atoms with E-state index in [1.165, 1.54) is 22.9 Å². The van der Waals surface area contributed by atoms with E-state index in [4.69, 9.17) is 4.74 Å². The highest BCUT2D eigenvalue weighted by atomic mass is 16.5. The molecule has 0 amide bonds. The molecule has 2 rings (SSSR count). The van der Waals surface area contributed by atoms with Gasteiger partial charge in [-0.3, -0.25) is 0 Å². The van der Waals surface area contributed by atoms with Gasteiger partial charge in [-0.05, 0) is 36.9 Å². The van der Waals surface area contributed by atoms with Gasteiger partial charge in [0.05, 0.1) is 7.11 Å². The fourth-order valence-corrected chi connectivity index (χ4v) is 2.38. The molecule has 0 spiro atoms. The number of methoxy groups -OCH3 is 1. The Hall–Kier alpha value is -1.80. The van der Waals surface area contributed by atoms with E-state index in [0.29, 0.717) is 0 Å². The molecular formula is C18H23NO. The van der Waals surface area contributed by atoms with Gasteiger partial charge in [-0.2, -0.15) is 0 Å². The molecule has 2 heteroatoms. The van der Waals surface area contributed by atoms with Gasteiger partial charge in [-0.25, -0.2) is 0 Å². The van der Waals surface area contributed by atoms with Gasteiger partial charge in [0.25, 0.3) is 0 Å². The van der Waals surface area contributed by atoms with Crippen molar-refractivity contribution < 1.29 is 4.74 Å². The first-order chi connectivity index (χ1) is 9.76. The Morgan fingerprint density at radius 3 is 2.60 bits per heavy atom. The van der Waals surface area contributed by atoms with Crippen molar-refractivity contribution in [2.45, 2.75) is 20.3 Å². The molecule has 2 aromatic carbocycles. The molecule has 0 aliphatic carbocycles. The summed E-state index contributed by atoms with van der Waals surface area (Å²) in [5.41, 5.74) is 2.59. The van der Waals surface area contributed by atoms with E-state index in [1.54, 1.807) is 7.11 Å². The second-order valence-electron chi connectivity index (χ2n) is 5.07. The van der Waals surface area contributed by atoms with Crippen LogP contribution in [-0.2, 0) is 0 Å². The Morgan fingerprint density at radius 2 is 1.90 bits per heavy atom. The molecule has 0 aromatic heterocycles. The summed E-state index contributed by atoms with van der Waals surface area (Å²) in [4.78, 5) is 0. The third-order valence-electron chi connectivity index (χ3n) is 3.37. The largest absolute Gasteiger partial charge is 0.496 e. The molecule has 0 fully saturated rings.